The normalized spacial score (nSPS) is 12.2. The summed E-state index contributed by atoms with van der Waals surface area (Å²) in [6.07, 6.45) is 1.55. The van der Waals surface area contributed by atoms with Crippen LogP contribution < -0.4 is 5.32 Å². The van der Waals surface area contributed by atoms with E-state index in [4.69, 9.17) is 32.0 Å². The first kappa shape index (κ1) is 17.8. The van der Waals surface area contributed by atoms with Crippen LogP contribution in [0.4, 0.5) is 5.69 Å². The van der Waals surface area contributed by atoms with E-state index in [-0.39, 0.29) is 11.1 Å². The highest BCUT2D eigenvalue weighted by molar-refractivity contribution is 8.00. The van der Waals surface area contributed by atoms with Crippen LogP contribution in [0.3, 0.4) is 0 Å². The van der Waals surface area contributed by atoms with Gasteiger partial charge in [0, 0.05) is 5.02 Å². The van der Waals surface area contributed by atoms with E-state index in [1.165, 1.54) is 0 Å². The smallest absolute Gasteiger partial charge is 0.277 e. The van der Waals surface area contributed by atoms with Gasteiger partial charge in [-0.15, -0.1) is 10.2 Å². The van der Waals surface area contributed by atoms with Gasteiger partial charge < -0.3 is 14.2 Å². The molecule has 1 unspecified atom stereocenters. The Morgan fingerprint density at radius 3 is 2.80 bits per heavy atom. The van der Waals surface area contributed by atoms with Crippen LogP contribution in [0, 0.1) is 6.92 Å². The van der Waals surface area contributed by atoms with Gasteiger partial charge in [-0.25, -0.2) is 0 Å². The zero-order valence-electron chi connectivity index (χ0n) is 13.2. The van der Waals surface area contributed by atoms with Gasteiger partial charge in [-0.05, 0) is 38.1 Å². The Balaban J connectivity index is 1.67. The molecule has 0 fully saturated rings. The minimum atomic E-state index is -0.478. The van der Waals surface area contributed by atoms with Crippen LogP contribution in [-0.4, -0.2) is 21.4 Å². The fourth-order valence-electron chi connectivity index (χ4n) is 2.01. The van der Waals surface area contributed by atoms with Crippen molar-refractivity contribution in [3.63, 3.8) is 0 Å². The quantitative estimate of drug-likeness (QED) is 0.605. The second-order valence-corrected chi connectivity index (χ2v) is 7.27. The molecular formula is C16H13Cl2N3O3S. The number of benzene rings is 1. The van der Waals surface area contributed by atoms with E-state index >= 15 is 0 Å². The highest BCUT2D eigenvalue weighted by Gasteiger charge is 2.20. The Kier molecular flexibility index (Phi) is 5.36. The minimum Gasteiger partial charge on any atom is -0.469 e. The number of aromatic nitrogens is 2. The largest absolute Gasteiger partial charge is 0.469 e. The van der Waals surface area contributed by atoms with E-state index in [1.54, 1.807) is 44.4 Å². The lowest BCUT2D eigenvalue weighted by Gasteiger charge is -2.11. The first-order valence-electron chi connectivity index (χ1n) is 7.24. The predicted molar refractivity (Wildman–Crippen MR) is 97.1 cm³/mol. The number of carbonyl (C=O) groups excluding carboxylic acids is 1. The van der Waals surface area contributed by atoms with E-state index in [0.717, 1.165) is 17.3 Å². The Labute approximate surface area is 157 Å². The van der Waals surface area contributed by atoms with Crippen molar-refractivity contribution in [1.29, 1.82) is 0 Å². The summed E-state index contributed by atoms with van der Waals surface area (Å²) in [6, 6.07) is 6.60. The second-order valence-electron chi connectivity index (χ2n) is 5.14. The number of halogens is 2. The number of carbonyl (C=O) groups is 1. The van der Waals surface area contributed by atoms with Gasteiger partial charge in [0.2, 0.25) is 5.91 Å². The van der Waals surface area contributed by atoms with Crippen molar-refractivity contribution >= 4 is 46.6 Å². The summed E-state index contributed by atoms with van der Waals surface area (Å²) in [7, 11) is 0. The van der Waals surface area contributed by atoms with Crippen LogP contribution in [0.15, 0.2) is 44.6 Å². The van der Waals surface area contributed by atoms with Gasteiger partial charge in [-0.3, -0.25) is 4.79 Å². The van der Waals surface area contributed by atoms with Crippen LogP contribution in [0.2, 0.25) is 10.0 Å². The van der Waals surface area contributed by atoms with E-state index < -0.39 is 5.25 Å². The molecule has 1 N–H and O–H groups in total. The van der Waals surface area contributed by atoms with Gasteiger partial charge in [0.1, 0.15) is 5.76 Å². The lowest BCUT2D eigenvalue weighted by Crippen LogP contribution is -2.22. The molecule has 2 aromatic heterocycles. The third-order valence-electron chi connectivity index (χ3n) is 3.33. The van der Waals surface area contributed by atoms with E-state index in [1.807, 2.05) is 0 Å². The lowest BCUT2D eigenvalue weighted by molar-refractivity contribution is -0.115. The maximum Gasteiger partial charge on any atom is 0.277 e. The molecule has 0 aliphatic rings. The molecule has 1 aromatic carbocycles. The average Bonchev–Trinajstić information content (AvgIpc) is 3.19. The van der Waals surface area contributed by atoms with Crippen LogP contribution in [0.5, 0.6) is 0 Å². The molecule has 3 rings (SSSR count). The minimum absolute atomic E-state index is 0.256. The molecule has 0 aliphatic carbocycles. The number of hydrogen-bond donors (Lipinski definition) is 1. The standard InChI is InChI=1S/C16H13Cl2N3O3S/c1-8-11(5-6-23-8)15-20-21-16(24-15)25-9(2)14(22)19-13-7-10(17)3-4-12(13)18/h3-7,9H,1-2H3,(H,19,22). The maximum atomic E-state index is 12.3. The van der Waals surface area contributed by atoms with Gasteiger partial charge in [-0.2, -0.15) is 0 Å². The summed E-state index contributed by atoms with van der Waals surface area (Å²) in [4.78, 5) is 12.3. The van der Waals surface area contributed by atoms with Crippen LogP contribution >= 0.6 is 35.0 Å². The van der Waals surface area contributed by atoms with Gasteiger partial charge in [-0.1, -0.05) is 35.0 Å². The maximum absolute atomic E-state index is 12.3. The number of thioether (sulfide) groups is 1. The number of anilines is 1. The molecule has 1 amide bonds. The molecule has 0 saturated heterocycles. The Hall–Kier alpha value is -1.96. The molecule has 0 radical (unpaired) electrons. The van der Waals surface area contributed by atoms with Crippen molar-refractivity contribution in [2.75, 3.05) is 5.32 Å². The predicted octanol–water partition coefficient (Wildman–Crippen LogP) is 5.06. The van der Waals surface area contributed by atoms with E-state index in [2.05, 4.69) is 15.5 Å². The zero-order valence-corrected chi connectivity index (χ0v) is 15.6. The molecule has 0 aliphatic heterocycles. The number of amides is 1. The first-order valence-corrected chi connectivity index (χ1v) is 8.88. The number of hydrogen-bond acceptors (Lipinski definition) is 6. The number of aryl methyl sites for hydroxylation is 1. The summed E-state index contributed by atoms with van der Waals surface area (Å²) < 4.78 is 10.8. The second kappa shape index (κ2) is 7.51. The number of nitrogens with one attached hydrogen (secondary N) is 1. The van der Waals surface area contributed by atoms with Gasteiger partial charge in [0.25, 0.3) is 11.1 Å². The fraction of sp³-hybridized carbons (Fsp3) is 0.188. The van der Waals surface area contributed by atoms with Crippen LogP contribution in [0.1, 0.15) is 12.7 Å². The summed E-state index contributed by atoms with van der Waals surface area (Å²) in [6.45, 7) is 3.53. The molecule has 0 bridgehead atoms. The number of nitrogens with zero attached hydrogens (tertiary/aromatic N) is 2. The van der Waals surface area contributed by atoms with Crippen molar-refractivity contribution in [1.82, 2.24) is 10.2 Å². The molecule has 130 valence electrons. The molecule has 1 atom stereocenters. The van der Waals surface area contributed by atoms with Crippen molar-refractivity contribution < 1.29 is 13.6 Å². The Morgan fingerprint density at radius 1 is 1.28 bits per heavy atom. The topological polar surface area (TPSA) is 81.2 Å². The van der Waals surface area contributed by atoms with E-state index in [9.17, 15) is 4.79 Å². The van der Waals surface area contributed by atoms with Crippen LogP contribution in [0.25, 0.3) is 11.5 Å². The Bertz CT molecular complexity index is 910. The Morgan fingerprint density at radius 2 is 2.08 bits per heavy atom. The van der Waals surface area contributed by atoms with Crippen molar-refractivity contribution in [3.8, 4) is 11.5 Å². The molecule has 25 heavy (non-hydrogen) atoms. The third-order valence-corrected chi connectivity index (χ3v) is 4.83. The number of furan rings is 1. The van der Waals surface area contributed by atoms with Crippen molar-refractivity contribution in [2.45, 2.75) is 24.3 Å². The fourth-order valence-corrected chi connectivity index (χ4v) is 3.03. The lowest BCUT2D eigenvalue weighted by atomic mass is 10.3. The molecule has 0 saturated carbocycles. The highest BCUT2D eigenvalue weighted by atomic mass is 35.5. The van der Waals surface area contributed by atoms with Gasteiger partial charge in [0.15, 0.2) is 0 Å². The summed E-state index contributed by atoms with van der Waals surface area (Å²) in [5.74, 6) is 0.772. The van der Waals surface area contributed by atoms with Crippen LogP contribution in [-0.2, 0) is 4.79 Å². The summed E-state index contributed by atoms with van der Waals surface area (Å²) in [5, 5.41) is 11.4. The third kappa shape index (κ3) is 4.18. The van der Waals surface area contributed by atoms with Gasteiger partial charge in [0.05, 0.1) is 27.8 Å². The monoisotopic (exact) mass is 397 g/mol. The molecule has 2 heterocycles. The molecule has 9 heteroatoms. The van der Waals surface area contributed by atoms with Crippen molar-refractivity contribution in [3.05, 3.63) is 46.3 Å². The summed E-state index contributed by atoms with van der Waals surface area (Å²) >= 11 is 13.1. The number of rotatable bonds is 5. The SMILES string of the molecule is Cc1occc1-c1nnc(SC(C)C(=O)Nc2cc(Cl)ccc2Cl)o1. The average molecular weight is 398 g/mol. The van der Waals surface area contributed by atoms with E-state index in [0.29, 0.717) is 27.4 Å². The summed E-state index contributed by atoms with van der Waals surface area (Å²) in [5.41, 5.74) is 1.18. The molecule has 3 aromatic rings. The van der Waals surface area contributed by atoms with Gasteiger partial charge >= 0.3 is 0 Å². The molecular weight excluding hydrogens is 385 g/mol. The molecule has 0 spiro atoms. The highest BCUT2D eigenvalue weighted by Crippen LogP contribution is 2.30. The van der Waals surface area contributed by atoms with Crippen molar-refractivity contribution in [2.24, 2.45) is 0 Å². The zero-order chi connectivity index (χ0) is 18.0. The molecule has 6 nitrogen and oxygen atoms in total. The first-order chi connectivity index (χ1) is 11.9.